The summed E-state index contributed by atoms with van der Waals surface area (Å²) in [5, 5.41) is 4.63. The van der Waals surface area contributed by atoms with Gasteiger partial charge in [0.05, 0.1) is 17.8 Å². The minimum atomic E-state index is 0.538. The zero-order valence-corrected chi connectivity index (χ0v) is 10.3. The number of nitrogens with two attached hydrogens (primary N) is 1. The lowest BCUT2D eigenvalue weighted by Gasteiger charge is -2.07. The Bertz CT molecular complexity index is 510. The van der Waals surface area contributed by atoms with Crippen LogP contribution in [0.15, 0.2) is 30.6 Å². The van der Waals surface area contributed by atoms with E-state index in [4.69, 9.17) is 22.1 Å². The Morgan fingerprint density at radius 3 is 2.94 bits per heavy atom. The van der Waals surface area contributed by atoms with E-state index in [1.807, 2.05) is 19.4 Å². The lowest BCUT2D eigenvalue weighted by Crippen LogP contribution is -2.01. The highest BCUT2D eigenvalue weighted by Gasteiger charge is 2.02. The van der Waals surface area contributed by atoms with Gasteiger partial charge < -0.3 is 10.5 Å². The molecule has 2 N–H and O–H groups in total. The van der Waals surface area contributed by atoms with Gasteiger partial charge in [-0.3, -0.25) is 4.68 Å². The van der Waals surface area contributed by atoms with Crippen molar-refractivity contribution >= 4 is 17.3 Å². The van der Waals surface area contributed by atoms with Crippen LogP contribution in [0.25, 0.3) is 0 Å². The number of ether oxygens (including phenoxy) is 1. The predicted molar refractivity (Wildman–Crippen MR) is 68.3 cm³/mol. The predicted octanol–water partition coefficient (Wildman–Crippen LogP) is 2.28. The van der Waals surface area contributed by atoms with Gasteiger partial charge in [0.15, 0.2) is 0 Å². The number of benzene rings is 1. The molecule has 17 heavy (non-hydrogen) atoms. The van der Waals surface area contributed by atoms with E-state index >= 15 is 0 Å². The second-order valence-corrected chi connectivity index (χ2v) is 4.22. The lowest BCUT2D eigenvalue weighted by atomic mass is 10.2. The van der Waals surface area contributed by atoms with Crippen LogP contribution >= 0.6 is 11.6 Å². The standard InChI is InChI=1S/C12H14ClN3O/c1-16-8-9(7-15-16)4-5-17-12-3-2-10(14)6-11(12)13/h2-3,6-8H,4-5,14H2,1H3. The molecule has 0 saturated heterocycles. The Balaban J connectivity index is 1.90. The molecule has 4 nitrogen and oxygen atoms in total. The van der Waals surface area contributed by atoms with E-state index in [0.717, 1.165) is 12.0 Å². The molecule has 1 heterocycles. The molecule has 0 spiro atoms. The topological polar surface area (TPSA) is 53.1 Å². The summed E-state index contributed by atoms with van der Waals surface area (Å²) in [4.78, 5) is 0. The van der Waals surface area contributed by atoms with Gasteiger partial charge in [-0.05, 0) is 23.8 Å². The molecular weight excluding hydrogens is 238 g/mol. The Kier molecular flexibility index (Phi) is 3.54. The van der Waals surface area contributed by atoms with Gasteiger partial charge in [0.2, 0.25) is 0 Å². The molecule has 0 unspecified atom stereocenters. The smallest absolute Gasteiger partial charge is 0.138 e. The van der Waals surface area contributed by atoms with Gasteiger partial charge in [-0.2, -0.15) is 5.10 Å². The minimum absolute atomic E-state index is 0.538. The van der Waals surface area contributed by atoms with Crippen molar-refractivity contribution in [2.45, 2.75) is 6.42 Å². The van der Waals surface area contributed by atoms with E-state index in [2.05, 4.69) is 5.10 Å². The van der Waals surface area contributed by atoms with Crippen LogP contribution in [0.2, 0.25) is 5.02 Å². The van der Waals surface area contributed by atoms with Crippen molar-refractivity contribution in [3.05, 3.63) is 41.2 Å². The Labute approximate surface area is 105 Å². The van der Waals surface area contributed by atoms with E-state index in [0.29, 0.717) is 23.1 Å². The highest BCUT2D eigenvalue weighted by atomic mass is 35.5. The number of nitrogen functional groups attached to an aromatic ring is 1. The molecule has 5 heteroatoms. The van der Waals surface area contributed by atoms with E-state index in [1.165, 1.54) is 0 Å². The van der Waals surface area contributed by atoms with E-state index < -0.39 is 0 Å². The summed E-state index contributed by atoms with van der Waals surface area (Å²) in [7, 11) is 1.89. The number of aromatic nitrogens is 2. The first kappa shape index (κ1) is 11.8. The number of halogens is 1. The van der Waals surface area contributed by atoms with Gasteiger partial charge in [-0.25, -0.2) is 0 Å². The van der Waals surface area contributed by atoms with E-state index in [9.17, 15) is 0 Å². The van der Waals surface area contributed by atoms with Crippen molar-refractivity contribution in [3.63, 3.8) is 0 Å². The van der Waals surface area contributed by atoms with Gasteiger partial charge in [-0.1, -0.05) is 11.6 Å². The maximum absolute atomic E-state index is 5.99. The maximum Gasteiger partial charge on any atom is 0.138 e. The molecule has 0 bridgehead atoms. The van der Waals surface area contributed by atoms with Gasteiger partial charge in [0.25, 0.3) is 0 Å². The molecule has 0 fully saturated rings. The molecule has 1 aromatic heterocycles. The van der Waals surface area contributed by atoms with E-state index in [1.54, 1.807) is 22.9 Å². The molecule has 0 aliphatic heterocycles. The minimum Gasteiger partial charge on any atom is -0.492 e. The van der Waals surface area contributed by atoms with E-state index in [-0.39, 0.29) is 0 Å². The fourth-order valence-electron chi connectivity index (χ4n) is 1.51. The monoisotopic (exact) mass is 251 g/mol. The van der Waals surface area contributed by atoms with Crippen LogP contribution in [0.3, 0.4) is 0 Å². The zero-order chi connectivity index (χ0) is 12.3. The summed E-state index contributed by atoms with van der Waals surface area (Å²) in [6.07, 6.45) is 4.59. The van der Waals surface area contributed by atoms with Crippen LogP contribution in [0.5, 0.6) is 5.75 Å². The van der Waals surface area contributed by atoms with Crippen molar-refractivity contribution < 1.29 is 4.74 Å². The van der Waals surface area contributed by atoms with Gasteiger partial charge in [-0.15, -0.1) is 0 Å². The third kappa shape index (κ3) is 3.14. The van der Waals surface area contributed by atoms with Crippen LogP contribution in [0, 0.1) is 0 Å². The van der Waals surface area contributed by atoms with Crippen LogP contribution in [0.1, 0.15) is 5.56 Å². The zero-order valence-electron chi connectivity index (χ0n) is 9.56. The molecule has 2 aromatic rings. The fraction of sp³-hybridized carbons (Fsp3) is 0.250. The molecule has 0 aliphatic rings. The van der Waals surface area contributed by atoms with Crippen molar-refractivity contribution in [2.75, 3.05) is 12.3 Å². The number of aryl methyl sites for hydroxylation is 1. The maximum atomic E-state index is 5.99. The molecule has 0 aliphatic carbocycles. The molecule has 0 radical (unpaired) electrons. The average Bonchev–Trinajstić information content (AvgIpc) is 2.68. The first-order valence-corrected chi connectivity index (χ1v) is 5.68. The van der Waals surface area contributed by atoms with Crippen LogP contribution in [0.4, 0.5) is 5.69 Å². The van der Waals surface area contributed by atoms with Crippen LogP contribution < -0.4 is 10.5 Å². The van der Waals surface area contributed by atoms with Crippen molar-refractivity contribution in [2.24, 2.45) is 7.05 Å². The van der Waals surface area contributed by atoms with Crippen molar-refractivity contribution in [1.82, 2.24) is 9.78 Å². The largest absolute Gasteiger partial charge is 0.492 e. The molecule has 0 atom stereocenters. The number of hydrogen-bond donors (Lipinski definition) is 1. The molecule has 90 valence electrons. The Hall–Kier alpha value is -1.68. The van der Waals surface area contributed by atoms with Crippen molar-refractivity contribution in [3.8, 4) is 5.75 Å². The first-order chi connectivity index (χ1) is 8.15. The number of nitrogens with zero attached hydrogens (tertiary/aromatic N) is 2. The van der Waals surface area contributed by atoms with Crippen LogP contribution in [-0.2, 0) is 13.5 Å². The number of hydrogen-bond acceptors (Lipinski definition) is 3. The molecular formula is C12H14ClN3O. The van der Waals surface area contributed by atoms with Crippen LogP contribution in [-0.4, -0.2) is 16.4 Å². The second-order valence-electron chi connectivity index (χ2n) is 3.81. The molecule has 2 rings (SSSR count). The first-order valence-electron chi connectivity index (χ1n) is 5.30. The van der Waals surface area contributed by atoms with Gasteiger partial charge in [0.1, 0.15) is 5.75 Å². The summed E-state index contributed by atoms with van der Waals surface area (Å²) in [5.41, 5.74) is 7.37. The highest BCUT2D eigenvalue weighted by molar-refractivity contribution is 6.32. The number of rotatable bonds is 4. The molecule has 0 amide bonds. The second kappa shape index (κ2) is 5.10. The Morgan fingerprint density at radius 1 is 1.47 bits per heavy atom. The summed E-state index contributed by atoms with van der Waals surface area (Å²) in [5.74, 6) is 0.657. The summed E-state index contributed by atoms with van der Waals surface area (Å²) >= 11 is 5.99. The van der Waals surface area contributed by atoms with Gasteiger partial charge in [0, 0.05) is 25.4 Å². The molecule has 0 saturated carbocycles. The van der Waals surface area contributed by atoms with Crippen molar-refractivity contribution in [1.29, 1.82) is 0 Å². The Morgan fingerprint density at radius 2 is 2.29 bits per heavy atom. The molecule has 1 aromatic carbocycles. The quantitative estimate of drug-likeness (QED) is 0.849. The fourth-order valence-corrected chi connectivity index (χ4v) is 1.76. The average molecular weight is 252 g/mol. The number of anilines is 1. The summed E-state index contributed by atoms with van der Waals surface area (Å²) in [6.45, 7) is 0.565. The summed E-state index contributed by atoms with van der Waals surface area (Å²) < 4.78 is 7.35. The van der Waals surface area contributed by atoms with Gasteiger partial charge >= 0.3 is 0 Å². The summed E-state index contributed by atoms with van der Waals surface area (Å²) in [6, 6.07) is 5.23. The lowest BCUT2D eigenvalue weighted by molar-refractivity contribution is 0.322. The normalized spacial score (nSPS) is 10.5. The SMILES string of the molecule is Cn1cc(CCOc2ccc(N)cc2Cl)cn1. The third-order valence-corrected chi connectivity index (χ3v) is 2.66. The highest BCUT2D eigenvalue weighted by Crippen LogP contribution is 2.26. The third-order valence-electron chi connectivity index (χ3n) is 2.36.